The molecule has 1 spiro atoms. The number of carbonyl (C=O) groups excluding carboxylic acids is 1. The third kappa shape index (κ3) is 10.1. The van der Waals surface area contributed by atoms with Crippen molar-refractivity contribution in [2.45, 2.75) is 210 Å². The summed E-state index contributed by atoms with van der Waals surface area (Å²) in [6, 6.07) is 0. The van der Waals surface area contributed by atoms with Gasteiger partial charge in [0.2, 0.25) is 0 Å². The first-order chi connectivity index (χ1) is 30.0. The van der Waals surface area contributed by atoms with Crippen molar-refractivity contribution in [3.05, 3.63) is 47.1 Å². The van der Waals surface area contributed by atoms with Crippen LogP contribution < -0.4 is 0 Å². The van der Waals surface area contributed by atoms with Crippen LogP contribution in [0.15, 0.2) is 47.1 Å². The van der Waals surface area contributed by atoms with Gasteiger partial charge in [0.05, 0.1) is 49.3 Å². The minimum Gasteiger partial charge on any atom is -0.462 e. The fraction of sp³-hybridized carbons (Fsp3) is 0.816. The van der Waals surface area contributed by atoms with Gasteiger partial charge in [0, 0.05) is 52.2 Å². The van der Waals surface area contributed by atoms with Gasteiger partial charge in [-0.3, -0.25) is 4.79 Å². The highest BCUT2D eigenvalue weighted by molar-refractivity contribution is 5.78. The van der Waals surface area contributed by atoms with Gasteiger partial charge < -0.3 is 62.7 Å². The molecule has 7 aliphatic rings. The number of allylic oxidation sites excluding steroid dienone is 2. The number of methoxy groups -OCH3 is 2. The molecule has 5 fully saturated rings. The normalized spacial score (nSPS) is 48.0. The molecule has 0 aromatic heterocycles. The molecule has 0 aromatic rings. The van der Waals surface area contributed by atoms with E-state index >= 15 is 0 Å². The largest absolute Gasteiger partial charge is 0.462 e. The number of aliphatic hydroxyl groups is 3. The Labute approximate surface area is 374 Å². The fourth-order valence-corrected chi connectivity index (χ4v) is 11.2. The lowest BCUT2D eigenvalue weighted by molar-refractivity contribution is -0.340. The highest BCUT2D eigenvalue weighted by atomic mass is 16.7. The van der Waals surface area contributed by atoms with Gasteiger partial charge in [-0.2, -0.15) is 0 Å². The monoisotopic (exact) mass is 889 g/mol. The fourth-order valence-electron chi connectivity index (χ4n) is 11.2. The second-order valence-electron chi connectivity index (χ2n) is 19.6. The van der Waals surface area contributed by atoms with Crippen LogP contribution in [0.1, 0.15) is 113 Å². The Morgan fingerprint density at radius 2 is 1.63 bits per heavy atom. The molecule has 0 unspecified atom stereocenters. The number of aliphatic hydroxyl groups excluding tert-OH is 2. The number of rotatable bonds is 9. The Morgan fingerprint density at radius 1 is 0.921 bits per heavy atom. The Balaban J connectivity index is 1.19. The predicted molar refractivity (Wildman–Crippen MR) is 232 cm³/mol. The first-order valence-corrected chi connectivity index (χ1v) is 23.7. The molecule has 6 heterocycles. The number of ether oxygens (including phenoxy) is 10. The highest BCUT2D eigenvalue weighted by Crippen LogP contribution is 2.48. The molecule has 63 heavy (non-hydrogen) atoms. The predicted octanol–water partition coefficient (Wildman–Crippen LogP) is 5.99. The van der Waals surface area contributed by atoms with E-state index in [1.54, 1.807) is 40.2 Å². The minimum atomic E-state index is -1.82. The third-order valence-corrected chi connectivity index (χ3v) is 15.3. The number of carbonyl (C=O) groups is 1. The van der Waals surface area contributed by atoms with Gasteiger partial charge in [-0.1, -0.05) is 64.5 Å². The maximum absolute atomic E-state index is 14.4. The van der Waals surface area contributed by atoms with Crippen molar-refractivity contribution in [2.24, 2.45) is 23.7 Å². The number of esters is 1. The summed E-state index contributed by atoms with van der Waals surface area (Å²) in [4.78, 5) is 14.4. The highest BCUT2D eigenvalue weighted by Gasteiger charge is 2.60. The molecule has 2 bridgehead atoms. The summed E-state index contributed by atoms with van der Waals surface area (Å²) >= 11 is 0. The zero-order chi connectivity index (χ0) is 45.4. The van der Waals surface area contributed by atoms with E-state index in [0.29, 0.717) is 67.9 Å². The van der Waals surface area contributed by atoms with Crippen LogP contribution in [0.2, 0.25) is 0 Å². The van der Waals surface area contributed by atoms with Gasteiger partial charge >= 0.3 is 5.97 Å². The van der Waals surface area contributed by atoms with Crippen LogP contribution >= 0.6 is 0 Å². The van der Waals surface area contributed by atoms with Crippen molar-refractivity contribution in [2.75, 3.05) is 20.8 Å². The molecule has 3 N–H and O–H groups in total. The van der Waals surface area contributed by atoms with E-state index in [1.165, 1.54) is 0 Å². The zero-order valence-electron chi connectivity index (χ0n) is 39.2. The lowest BCUT2D eigenvalue weighted by Crippen LogP contribution is -2.58. The first kappa shape index (κ1) is 48.9. The molecule has 7 rings (SSSR count). The molecule has 14 heteroatoms. The molecule has 0 saturated carbocycles. The second-order valence-corrected chi connectivity index (χ2v) is 19.6. The standard InChI is InChI=1S/C49H76O14/c1-11-26(3)43-28(5)18-19-48(63-43)24-35-21-34(62-48)17-16-27(4)44(60-40-23-38(55-10)45(31(8)58-40)61-39-22-37(54-9)42(51)30(7)57-39)32(12-2)14-13-15-33-25-56-46-41(50)29(6)20-36(47(52)59-35)49(33,46)53/h13-16,20,26,28,30-32,34-46,50-51,53H,11-12,17-19,21-25H2,1-10H3/b14-13-,27-16-,33-15?/t26-,28-,30-,31-,32-,34+,35-,36-,37-,38-,39-,40-,41+,42-,43+,44+,45-,46+,48+,49+/m0/s1. The van der Waals surface area contributed by atoms with Crippen molar-refractivity contribution in [1.29, 1.82) is 0 Å². The Kier molecular flexibility index (Phi) is 15.9. The van der Waals surface area contributed by atoms with Crippen molar-refractivity contribution in [3.8, 4) is 0 Å². The second kappa shape index (κ2) is 20.4. The van der Waals surface area contributed by atoms with E-state index < -0.39 is 90.8 Å². The maximum Gasteiger partial charge on any atom is 0.316 e. The van der Waals surface area contributed by atoms with Gasteiger partial charge in [-0.25, -0.2) is 0 Å². The van der Waals surface area contributed by atoms with Gasteiger partial charge in [0.25, 0.3) is 0 Å². The van der Waals surface area contributed by atoms with Gasteiger partial charge in [-0.05, 0) is 75.5 Å². The summed E-state index contributed by atoms with van der Waals surface area (Å²) < 4.78 is 64.2. The number of fused-ring (bicyclic) bond motifs is 2. The van der Waals surface area contributed by atoms with Crippen LogP contribution in [-0.2, 0) is 52.2 Å². The summed E-state index contributed by atoms with van der Waals surface area (Å²) in [5.74, 6) is -2.05. The van der Waals surface area contributed by atoms with E-state index in [1.807, 2.05) is 13.0 Å². The van der Waals surface area contributed by atoms with Crippen LogP contribution in [0, 0.1) is 23.7 Å². The van der Waals surface area contributed by atoms with Gasteiger partial charge in [-0.15, -0.1) is 0 Å². The molecule has 6 aliphatic heterocycles. The number of hydrogen-bond donors (Lipinski definition) is 3. The molecule has 356 valence electrons. The lowest BCUT2D eigenvalue weighted by atomic mass is 9.71. The molecular weight excluding hydrogens is 813 g/mol. The Bertz CT molecular complexity index is 1690. The van der Waals surface area contributed by atoms with Gasteiger partial charge in [0.15, 0.2) is 18.4 Å². The van der Waals surface area contributed by atoms with Crippen molar-refractivity contribution in [1.82, 2.24) is 0 Å². The summed E-state index contributed by atoms with van der Waals surface area (Å²) in [6.07, 6.45) is 7.41. The smallest absolute Gasteiger partial charge is 0.316 e. The molecule has 0 aromatic carbocycles. The minimum absolute atomic E-state index is 0.00758. The molecular formula is C49H76O14. The molecule has 5 saturated heterocycles. The molecule has 0 amide bonds. The molecule has 20 atom stereocenters. The van der Waals surface area contributed by atoms with Crippen LogP contribution in [0.4, 0.5) is 0 Å². The topological polar surface area (TPSA) is 170 Å². The van der Waals surface area contributed by atoms with Crippen molar-refractivity contribution in [3.63, 3.8) is 0 Å². The van der Waals surface area contributed by atoms with E-state index in [0.717, 1.165) is 18.4 Å². The van der Waals surface area contributed by atoms with Crippen molar-refractivity contribution >= 4 is 5.97 Å². The van der Waals surface area contributed by atoms with Crippen LogP contribution in [0.5, 0.6) is 0 Å². The van der Waals surface area contributed by atoms with Crippen LogP contribution in [-0.4, -0.2) is 139 Å². The Hall–Kier alpha value is -2.05. The van der Waals surface area contributed by atoms with E-state index in [4.69, 9.17) is 47.4 Å². The van der Waals surface area contributed by atoms with E-state index in [-0.39, 0.29) is 30.8 Å². The lowest BCUT2D eigenvalue weighted by Gasteiger charge is -2.51. The van der Waals surface area contributed by atoms with Crippen LogP contribution in [0.25, 0.3) is 0 Å². The van der Waals surface area contributed by atoms with Crippen LogP contribution in [0.3, 0.4) is 0 Å². The number of hydrogen-bond acceptors (Lipinski definition) is 14. The average molecular weight is 889 g/mol. The third-order valence-electron chi connectivity index (χ3n) is 15.3. The summed E-state index contributed by atoms with van der Waals surface area (Å²) in [7, 11) is 3.24. The van der Waals surface area contributed by atoms with Gasteiger partial charge in [0.1, 0.15) is 42.0 Å². The quantitative estimate of drug-likeness (QED) is 0.182. The first-order valence-electron chi connectivity index (χ1n) is 23.7. The molecule has 14 nitrogen and oxygen atoms in total. The molecule has 0 radical (unpaired) electrons. The summed E-state index contributed by atoms with van der Waals surface area (Å²) in [6.45, 7) is 16.4. The zero-order valence-corrected chi connectivity index (χ0v) is 39.2. The Morgan fingerprint density at radius 3 is 2.35 bits per heavy atom. The SMILES string of the molecule is CC[C@H]1/C=C\C=C2CO[C@@H]3[C@H](O)C(C)=C[C@@H](C(=O)O[C@H]4C[C@@H](C/C=C(/C)[C@H]1O[C@H]1C[C@H](OC)[C@@H](O[C@H]5C[C@H](OC)[C@@H](O)[C@H](C)O5)[C@H](C)O1)O[C@@]1(CC[C@H](C)[C@@H]([C@@H](C)CC)O1)C4)[C@]23O. The summed E-state index contributed by atoms with van der Waals surface area (Å²) in [5.41, 5.74) is 0.214. The summed E-state index contributed by atoms with van der Waals surface area (Å²) in [5, 5.41) is 34.4. The van der Waals surface area contributed by atoms with Crippen molar-refractivity contribution < 1.29 is 67.5 Å². The molecule has 1 aliphatic carbocycles. The van der Waals surface area contributed by atoms with E-state index in [2.05, 4.69) is 46.8 Å². The van der Waals surface area contributed by atoms with E-state index in [9.17, 15) is 20.1 Å². The maximum atomic E-state index is 14.4. The average Bonchev–Trinajstić information content (AvgIpc) is 3.60.